The van der Waals surface area contributed by atoms with Crippen molar-refractivity contribution in [2.45, 2.75) is 39.5 Å². The maximum atomic E-state index is 10.0. The minimum Gasteiger partial charge on any atom is -0.508 e. The average molecular weight is 473 g/mol. The number of phenols is 2. The summed E-state index contributed by atoms with van der Waals surface area (Å²) in [6, 6.07) is 24.3. The summed E-state index contributed by atoms with van der Waals surface area (Å²) in [5.74, 6) is 0.549. The van der Waals surface area contributed by atoms with Gasteiger partial charge in [-0.15, -0.1) is 0 Å². The van der Waals surface area contributed by atoms with Gasteiger partial charge < -0.3 is 10.2 Å². The Morgan fingerprint density at radius 2 is 1.03 bits per heavy atom. The van der Waals surface area contributed by atoms with Gasteiger partial charge in [0.2, 0.25) is 0 Å². The van der Waals surface area contributed by atoms with E-state index in [1.165, 1.54) is 33.4 Å². The zero-order valence-electron chi connectivity index (χ0n) is 21.3. The highest BCUT2D eigenvalue weighted by Gasteiger charge is 2.49. The molecule has 4 aromatic rings. The maximum Gasteiger partial charge on any atom is 0.116 e. The van der Waals surface area contributed by atoms with Gasteiger partial charge in [-0.05, 0) is 119 Å². The molecule has 0 atom stereocenters. The predicted octanol–water partition coefficient (Wildman–Crippen LogP) is 8.88. The second-order valence-electron chi connectivity index (χ2n) is 9.38. The number of hydrogen-bond acceptors (Lipinski definition) is 2. The lowest BCUT2D eigenvalue weighted by molar-refractivity contribution is 0.475. The number of allylic oxidation sites excluding steroid dienone is 8. The molecule has 0 aromatic heterocycles. The van der Waals surface area contributed by atoms with E-state index >= 15 is 0 Å². The summed E-state index contributed by atoms with van der Waals surface area (Å²) < 4.78 is 0. The summed E-state index contributed by atoms with van der Waals surface area (Å²) in [5, 5.41) is 24.3. The molecule has 1 aliphatic rings. The van der Waals surface area contributed by atoms with Crippen molar-refractivity contribution in [1.29, 1.82) is 0 Å². The van der Waals surface area contributed by atoms with Crippen molar-refractivity contribution in [3.8, 4) is 11.5 Å². The van der Waals surface area contributed by atoms with Crippen LogP contribution in [0.1, 0.15) is 45.2 Å². The van der Waals surface area contributed by atoms with Gasteiger partial charge in [-0.1, -0.05) is 67.6 Å². The van der Waals surface area contributed by atoms with E-state index in [2.05, 4.69) is 88.4 Å². The van der Waals surface area contributed by atoms with Crippen molar-refractivity contribution < 1.29 is 10.2 Å². The Bertz CT molecular complexity index is 1530. The molecule has 0 bridgehead atoms. The fourth-order valence-electron chi connectivity index (χ4n) is 6.02. The van der Waals surface area contributed by atoms with Gasteiger partial charge in [0.1, 0.15) is 11.5 Å². The molecule has 0 unspecified atom stereocenters. The molecule has 2 heteroatoms. The van der Waals surface area contributed by atoms with E-state index in [0.29, 0.717) is 0 Å². The third-order valence-corrected chi connectivity index (χ3v) is 7.47. The average Bonchev–Trinajstić information content (AvgIpc) is 3.17. The van der Waals surface area contributed by atoms with E-state index in [1.54, 1.807) is 12.1 Å². The molecule has 1 fully saturated rings. The van der Waals surface area contributed by atoms with Crippen molar-refractivity contribution in [3.05, 3.63) is 131 Å². The molecule has 5 rings (SSSR count). The smallest absolute Gasteiger partial charge is 0.116 e. The second kappa shape index (κ2) is 9.20. The Balaban J connectivity index is 1.94. The first-order chi connectivity index (χ1) is 17.5. The highest BCUT2D eigenvalue weighted by atomic mass is 16.3. The Labute approximate surface area is 213 Å². The first-order valence-electron chi connectivity index (χ1n) is 12.7. The van der Waals surface area contributed by atoms with E-state index in [4.69, 9.17) is 0 Å². The van der Waals surface area contributed by atoms with E-state index in [0.717, 1.165) is 28.0 Å². The first-order valence-corrected chi connectivity index (χ1v) is 12.7. The fraction of sp³-hybridized carbons (Fsp3) is 0.176. The lowest BCUT2D eigenvalue weighted by atomic mass is 9.66. The molecule has 4 aromatic carbocycles. The molecule has 2 nitrogen and oxygen atoms in total. The molecule has 1 aliphatic carbocycles. The molecule has 0 saturated heterocycles. The molecule has 0 heterocycles. The van der Waals surface area contributed by atoms with Gasteiger partial charge in [-0.3, -0.25) is 0 Å². The largest absolute Gasteiger partial charge is 0.508 e. The quantitative estimate of drug-likeness (QED) is 0.312. The lowest BCUT2D eigenvalue weighted by Gasteiger charge is -2.35. The van der Waals surface area contributed by atoms with Crippen LogP contribution in [0.4, 0.5) is 0 Å². The molecule has 0 spiro atoms. The van der Waals surface area contributed by atoms with Crippen LogP contribution in [0, 0.1) is 0 Å². The van der Waals surface area contributed by atoms with E-state index in [-0.39, 0.29) is 11.5 Å². The highest BCUT2D eigenvalue weighted by molar-refractivity contribution is 5.90. The van der Waals surface area contributed by atoms with Crippen LogP contribution >= 0.6 is 0 Å². The Morgan fingerprint density at radius 1 is 0.583 bits per heavy atom. The lowest BCUT2D eigenvalue weighted by Crippen LogP contribution is -2.29. The van der Waals surface area contributed by atoms with Gasteiger partial charge in [0, 0.05) is 0 Å². The molecule has 1 saturated carbocycles. The Kier molecular flexibility index (Phi) is 6.05. The normalized spacial score (nSPS) is 19.9. The number of phenolic OH excluding ortho intramolecular Hbond substituents is 2. The first kappa shape index (κ1) is 23.7. The number of rotatable bonds is 3. The number of benzene rings is 4. The van der Waals surface area contributed by atoms with Crippen LogP contribution in [0.25, 0.3) is 21.5 Å². The van der Waals surface area contributed by atoms with Gasteiger partial charge in [0.25, 0.3) is 0 Å². The number of hydrogen-bond donors (Lipinski definition) is 2. The zero-order chi connectivity index (χ0) is 25.4. The van der Waals surface area contributed by atoms with Crippen LogP contribution in [0.15, 0.2) is 119 Å². The third kappa shape index (κ3) is 3.48. The summed E-state index contributed by atoms with van der Waals surface area (Å²) in [7, 11) is 0. The molecule has 2 N–H and O–H groups in total. The van der Waals surface area contributed by atoms with Crippen LogP contribution in [-0.2, 0) is 5.41 Å². The minimum absolute atomic E-state index is 0.275. The summed E-state index contributed by atoms with van der Waals surface area (Å²) in [6.45, 7) is 8.57. The summed E-state index contributed by atoms with van der Waals surface area (Å²) in [6.07, 6.45) is 10.0. The summed E-state index contributed by atoms with van der Waals surface area (Å²) in [4.78, 5) is 0. The van der Waals surface area contributed by atoms with Crippen LogP contribution in [0.5, 0.6) is 11.5 Å². The van der Waals surface area contributed by atoms with Gasteiger partial charge in [-0.2, -0.15) is 0 Å². The van der Waals surface area contributed by atoms with Crippen molar-refractivity contribution in [1.82, 2.24) is 0 Å². The van der Waals surface area contributed by atoms with Crippen LogP contribution < -0.4 is 0 Å². The standard InChI is InChI=1S/C34H32O2/c1-5-9-33-31(7-3)30(6-2)32(8-4)34(33,26-14-10-24-20-28(35)16-12-22(24)18-26)27-15-11-25-21-29(36)17-13-23(25)19-27/h6-21,35-36H,5H2,1-4H3/b30-6-,31-7-,32-8+,33-9+. The molecule has 0 aliphatic heterocycles. The van der Waals surface area contributed by atoms with Crippen molar-refractivity contribution >= 4 is 21.5 Å². The SMILES string of the molecule is C/C=C1/C(=C/C)/C(=C\CC)C(c2ccc3cc(O)ccc3c2)(c2ccc3cc(O)ccc3c2)/C1=C/C. The van der Waals surface area contributed by atoms with Crippen molar-refractivity contribution in [2.24, 2.45) is 0 Å². The number of fused-ring (bicyclic) bond motifs is 2. The van der Waals surface area contributed by atoms with Gasteiger partial charge in [0.15, 0.2) is 0 Å². The van der Waals surface area contributed by atoms with Crippen LogP contribution in [0.3, 0.4) is 0 Å². The van der Waals surface area contributed by atoms with Gasteiger partial charge in [-0.25, -0.2) is 0 Å². The molecule has 0 radical (unpaired) electrons. The third-order valence-electron chi connectivity index (χ3n) is 7.47. The molecule has 0 amide bonds. The molecular weight excluding hydrogens is 440 g/mol. The second-order valence-corrected chi connectivity index (χ2v) is 9.38. The zero-order valence-corrected chi connectivity index (χ0v) is 21.3. The van der Waals surface area contributed by atoms with Crippen molar-refractivity contribution in [2.75, 3.05) is 0 Å². The molecule has 36 heavy (non-hydrogen) atoms. The Morgan fingerprint density at radius 3 is 1.47 bits per heavy atom. The monoisotopic (exact) mass is 472 g/mol. The van der Waals surface area contributed by atoms with Crippen LogP contribution in [-0.4, -0.2) is 10.2 Å². The van der Waals surface area contributed by atoms with Crippen LogP contribution in [0.2, 0.25) is 0 Å². The number of aromatic hydroxyl groups is 2. The van der Waals surface area contributed by atoms with E-state index in [1.807, 2.05) is 24.3 Å². The predicted molar refractivity (Wildman–Crippen MR) is 152 cm³/mol. The van der Waals surface area contributed by atoms with E-state index in [9.17, 15) is 10.2 Å². The van der Waals surface area contributed by atoms with Crippen molar-refractivity contribution in [3.63, 3.8) is 0 Å². The van der Waals surface area contributed by atoms with Gasteiger partial charge >= 0.3 is 0 Å². The Hall–Kier alpha value is -4.04. The summed E-state index contributed by atoms with van der Waals surface area (Å²) in [5.41, 5.74) is 7.00. The van der Waals surface area contributed by atoms with Gasteiger partial charge in [0.05, 0.1) is 5.41 Å². The van der Waals surface area contributed by atoms with E-state index < -0.39 is 5.41 Å². The molecular formula is C34H32O2. The molecule has 180 valence electrons. The minimum atomic E-state index is -0.493. The highest BCUT2D eigenvalue weighted by Crippen LogP contribution is 2.59. The summed E-state index contributed by atoms with van der Waals surface area (Å²) >= 11 is 0. The fourth-order valence-corrected chi connectivity index (χ4v) is 6.02. The maximum absolute atomic E-state index is 10.0. The topological polar surface area (TPSA) is 40.5 Å².